The van der Waals surface area contributed by atoms with Gasteiger partial charge in [0.2, 0.25) is 0 Å². The maximum Gasteiger partial charge on any atom is -0.00854 e. The summed E-state index contributed by atoms with van der Waals surface area (Å²) in [5.41, 5.74) is 2.55. The normalized spacial score (nSPS) is 43.1. The van der Waals surface area contributed by atoms with E-state index >= 15 is 0 Å². The first-order valence-electron chi connectivity index (χ1n) is 9.03. The third kappa shape index (κ3) is 2.60. The van der Waals surface area contributed by atoms with Crippen molar-refractivity contribution in [3.8, 4) is 0 Å². The Labute approximate surface area is 127 Å². The molecule has 2 saturated carbocycles. The molecule has 0 aliphatic heterocycles. The molecule has 0 aromatic heterocycles. The van der Waals surface area contributed by atoms with Crippen molar-refractivity contribution in [3.63, 3.8) is 0 Å². The molecular weight excluding hydrogens is 240 g/mol. The molecule has 0 heterocycles. The Balaban J connectivity index is 2.21. The number of hydrogen-bond acceptors (Lipinski definition) is 0. The maximum absolute atomic E-state index is 4.47. The van der Waals surface area contributed by atoms with Crippen molar-refractivity contribution in [2.24, 2.45) is 28.6 Å². The summed E-state index contributed by atoms with van der Waals surface area (Å²) < 4.78 is 0. The third-order valence-electron chi connectivity index (χ3n) is 7.44. The Kier molecular flexibility index (Phi) is 4.72. The Bertz CT molecular complexity index is 355. The fraction of sp³-hybridized carbons (Fsp3) is 0.900. The smallest absolute Gasteiger partial charge is 0.00854 e. The van der Waals surface area contributed by atoms with E-state index in [0.717, 1.165) is 17.8 Å². The molecule has 0 nitrogen and oxygen atoms in total. The lowest BCUT2D eigenvalue weighted by Gasteiger charge is -2.59. The van der Waals surface area contributed by atoms with E-state index in [1.165, 1.54) is 51.4 Å². The number of allylic oxidation sites excluding steroid dienone is 1. The summed E-state index contributed by atoms with van der Waals surface area (Å²) >= 11 is 0. The average molecular weight is 277 g/mol. The second-order valence-electron chi connectivity index (χ2n) is 8.46. The molecule has 2 fully saturated rings. The third-order valence-corrected chi connectivity index (χ3v) is 7.44. The lowest BCUT2D eigenvalue weighted by molar-refractivity contribution is -0.0575. The topological polar surface area (TPSA) is 0 Å². The lowest BCUT2D eigenvalue weighted by atomic mass is 9.46. The molecule has 0 unspecified atom stereocenters. The maximum atomic E-state index is 4.47. The van der Waals surface area contributed by atoms with Crippen LogP contribution < -0.4 is 0 Å². The van der Waals surface area contributed by atoms with Crippen molar-refractivity contribution < 1.29 is 0 Å². The zero-order chi connectivity index (χ0) is 15.0. The van der Waals surface area contributed by atoms with E-state index in [1.54, 1.807) is 5.57 Å². The van der Waals surface area contributed by atoms with Gasteiger partial charge in [0.1, 0.15) is 0 Å². The summed E-state index contributed by atoms with van der Waals surface area (Å²) in [5, 5.41) is 0. The summed E-state index contributed by atoms with van der Waals surface area (Å²) in [6.45, 7) is 16.9. The molecular formula is C20H36. The van der Waals surface area contributed by atoms with Crippen LogP contribution in [0.4, 0.5) is 0 Å². The average Bonchev–Trinajstić information content (AvgIpc) is 2.43. The first-order valence-corrected chi connectivity index (χ1v) is 9.03. The van der Waals surface area contributed by atoms with Gasteiger partial charge in [-0.2, -0.15) is 0 Å². The number of hydrogen-bond donors (Lipinski definition) is 0. The largest absolute Gasteiger partial charge is 0.0993 e. The molecule has 0 bridgehead atoms. The monoisotopic (exact) mass is 276 g/mol. The van der Waals surface area contributed by atoms with Crippen LogP contribution in [0, 0.1) is 28.6 Å². The van der Waals surface area contributed by atoms with Gasteiger partial charge in [0.15, 0.2) is 0 Å². The highest BCUT2D eigenvalue weighted by Crippen LogP contribution is 2.62. The minimum Gasteiger partial charge on any atom is -0.0993 e. The molecule has 0 amide bonds. The molecule has 0 aromatic rings. The van der Waals surface area contributed by atoms with Crippen LogP contribution in [-0.2, 0) is 0 Å². The van der Waals surface area contributed by atoms with Crippen LogP contribution in [0.15, 0.2) is 12.2 Å². The van der Waals surface area contributed by atoms with Gasteiger partial charge in [-0.1, -0.05) is 59.6 Å². The van der Waals surface area contributed by atoms with Gasteiger partial charge in [0.05, 0.1) is 0 Å². The van der Waals surface area contributed by atoms with Gasteiger partial charge in [-0.05, 0) is 67.1 Å². The van der Waals surface area contributed by atoms with E-state index in [2.05, 4.69) is 41.2 Å². The SMILES string of the molecule is C=C1CCC[C@H]2[C@@](C)(CC[C@H](C)CC)[C@H](C)CC[C@@]12C. The minimum absolute atomic E-state index is 0.439. The van der Waals surface area contributed by atoms with Gasteiger partial charge in [0, 0.05) is 0 Å². The van der Waals surface area contributed by atoms with Crippen LogP contribution in [0.2, 0.25) is 0 Å². The molecule has 0 heteroatoms. The highest BCUT2D eigenvalue weighted by Gasteiger charge is 2.53. The zero-order valence-electron chi connectivity index (χ0n) is 14.6. The van der Waals surface area contributed by atoms with Gasteiger partial charge in [-0.15, -0.1) is 0 Å². The van der Waals surface area contributed by atoms with E-state index in [0.29, 0.717) is 10.8 Å². The van der Waals surface area contributed by atoms with Crippen LogP contribution in [0.25, 0.3) is 0 Å². The van der Waals surface area contributed by atoms with Crippen molar-refractivity contribution in [1.82, 2.24) is 0 Å². The van der Waals surface area contributed by atoms with Crippen molar-refractivity contribution in [2.75, 3.05) is 0 Å². The second-order valence-corrected chi connectivity index (χ2v) is 8.46. The van der Waals surface area contributed by atoms with Crippen LogP contribution in [-0.4, -0.2) is 0 Å². The predicted molar refractivity (Wildman–Crippen MR) is 89.8 cm³/mol. The molecule has 0 aromatic carbocycles. The highest BCUT2D eigenvalue weighted by atomic mass is 14.6. The molecule has 0 N–H and O–H groups in total. The predicted octanol–water partition coefficient (Wildman–Crippen LogP) is 6.61. The van der Waals surface area contributed by atoms with Crippen molar-refractivity contribution in [1.29, 1.82) is 0 Å². The van der Waals surface area contributed by atoms with Crippen LogP contribution in [0.3, 0.4) is 0 Å². The lowest BCUT2D eigenvalue weighted by Crippen LogP contribution is -2.50. The summed E-state index contributed by atoms with van der Waals surface area (Å²) in [5.74, 6) is 2.65. The quantitative estimate of drug-likeness (QED) is 0.507. The summed E-state index contributed by atoms with van der Waals surface area (Å²) in [7, 11) is 0. The molecule has 2 aliphatic carbocycles. The number of fused-ring (bicyclic) bond motifs is 1. The Morgan fingerprint density at radius 3 is 2.65 bits per heavy atom. The standard InChI is InChI=1S/C20H36/c1-7-15(2)11-13-19(5)17(4)12-14-20(6)16(3)9-8-10-18(19)20/h15,17-18H,3,7-14H2,1-2,4-6H3/t15-,17-,18+,19+,20+/m1/s1. The van der Waals surface area contributed by atoms with E-state index in [1.807, 2.05) is 0 Å². The van der Waals surface area contributed by atoms with E-state index in [9.17, 15) is 0 Å². The molecule has 2 aliphatic rings. The van der Waals surface area contributed by atoms with Gasteiger partial charge < -0.3 is 0 Å². The van der Waals surface area contributed by atoms with Crippen molar-refractivity contribution in [2.45, 2.75) is 86.0 Å². The molecule has 0 saturated heterocycles. The van der Waals surface area contributed by atoms with E-state index < -0.39 is 0 Å². The van der Waals surface area contributed by atoms with Crippen LogP contribution in [0.1, 0.15) is 86.0 Å². The Morgan fingerprint density at radius 2 is 2.00 bits per heavy atom. The van der Waals surface area contributed by atoms with Crippen molar-refractivity contribution >= 4 is 0 Å². The second kappa shape index (κ2) is 5.85. The van der Waals surface area contributed by atoms with Crippen molar-refractivity contribution in [3.05, 3.63) is 12.2 Å². The summed E-state index contributed by atoms with van der Waals surface area (Å²) in [6, 6.07) is 0. The fourth-order valence-electron chi connectivity index (χ4n) is 5.15. The van der Waals surface area contributed by atoms with E-state index in [-0.39, 0.29) is 0 Å². The molecule has 20 heavy (non-hydrogen) atoms. The first-order chi connectivity index (χ1) is 9.34. The van der Waals surface area contributed by atoms with Gasteiger partial charge >= 0.3 is 0 Å². The molecule has 0 radical (unpaired) electrons. The first kappa shape index (κ1) is 16.1. The Morgan fingerprint density at radius 1 is 1.30 bits per heavy atom. The van der Waals surface area contributed by atoms with Crippen LogP contribution >= 0.6 is 0 Å². The van der Waals surface area contributed by atoms with Gasteiger partial charge in [-0.3, -0.25) is 0 Å². The molecule has 5 atom stereocenters. The molecule has 2 rings (SSSR count). The number of rotatable bonds is 4. The summed E-state index contributed by atoms with van der Waals surface area (Å²) in [4.78, 5) is 0. The minimum atomic E-state index is 0.439. The fourth-order valence-corrected chi connectivity index (χ4v) is 5.15. The Hall–Kier alpha value is -0.260. The molecule has 116 valence electrons. The van der Waals surface area contributed by atoms with Gasteiger partial charge in [0.25, 0.3) is 0 Å². The summed E-state index contributed by atoms with van der Waals surface area (Å²) in [6.07, 6.45) is 11.1. The van der Waals surface area contributed by atoms with Crippen LogP contribution in [0.5, 0.6) is 0 Å². The zero-order valence-corrected chi connectivity index (χ0v) is 14.6. The molecule has 0 spiro atoms. The van der Waals surface area contributed by atoms with Gasteiger partial charge in [-0.25, -0.2) is 0 Å². The van der Waals surface area contributed by atoms with E-state index in [4.69, 9.17) is 0 Å². The highest BCUT2D eigenvalue weighted by molar-refractivity contribution is 5.19.